The predicted molar refractivity (Wildman–Crippen MR) is 58.2 cm³/mol. The van der Waals surface area contributed by atoms with Crippen LogP contribution in [-0.2, 0) is 0 Å². The van der Waals surface area contributed by atoms with E-state index < -0.39 is 5.92 Å². The van der Waals surface area contributed by atoms with Crippen molar-refractivity contribution < 1.29 is 9.32 Å². The summed E-state index contributed by atoms with van der Waals surface area (Å²) in [5.41, 5.74) is 0.658. The molecule has 2 aromatic rings. The van der Waals surface area contributed by atoms with Crippen LogP contribution in [0, 0.1) is 6.92 Å². The van der Waals surface area contributed by atoms with Crippen molar-refractivity contribution in [3.63, 3.8) is 0 Å². The van der Waals surface area contributed by atoms with Crippen molar-refractivity contribution in [2.24, 2.45) is 0 Å². The maximum absolute atomic E-state index is 12.0. The van der Waals surface area contributed by atoms with Gasteiger partial charge in [-0.15, -0.1) is 0 Å². The van der Waals surface area contributed by atoms with Gasteiger partial charge in [-0.3, -0.25) is 4.79 Å². The van der Waals surface area contributed by atoms with Gasteiger partial charge in [0.15, 0.2) is 11.6 Å². The molecule has 16 heavy (non-hydrogen) atoms. The Hall–Kier alpha value is -1.97. The fraction of sp³-hybridized carbons (Fsp3) is 0.250. The molecule has 1 unspecified atom stereocenters. The van der Waals surface area contributed by atoms with Crippen molar-refractivity contribution in [1.82, 2.24) is 10.1 Å². The van der Waals surface area contributed by atoms with Gasteiger partial charge in [-0.25, -0.2) is 0 Å². The fourth-order valence-electron chi connectivity index (χ4n) is 1.45. The third-order valence-electron chi connectivity index (χ3n) is 2.37. The summed E-state index contributed by atoms with van der Waals surface area (Å²) >= 11 is 0. The number of carbonyl (C=O) groups excluding carboxylic acids is 1. The van der Waals surface area contributed by atoms with Gasteiger partial charge in [0.05, 0.1) is 5.92 Å². The van der Waals surface area contributed by atoms with Crippen LogP contribution >= 0.6 is 0 Å². The van der Waals surface area contributed by atoms with Crippen LogP contribution in [0.25, 0.3) is 0 Å². The first-order valence-electron chi connectivity index (χ1n) is 5.08. The van der Waals surface area contributed by atoms with Crippen LogP contribution in [0.15, 0.2) is 34.9 Å². The second-order valence-electron chi connectivity index (χ2n) is 3.63. The Morgan fingerprint density at radius 3 is 2.56 bits per heavy atom. The summed E-state index contributed by atoms with van der Waals surface area (Å²) in [7, 11) is 0. The van der Waals surface area contributed by atoms with Gasteiger partial charge >= 0.3 is 0 Å². The monoisotopic (exact) mass is 216 g/mol. The number of Topliss-reactive ketones (excluding diaryl/α,β-unsaturated/α-hetero) is 1. The molecule has 0 saturated heterocycles. The minimum Gasteiger partial charge on any atom is -0.339 e. The maximum atomic E-state index is 12.0. The van der Waals surface area contributed by atoms with E-state index in [1.165, 1.54) is 0 Å². The highest BCUT2D eigenvalue weighted by molar-refractivity contribution is 6.00. The first-order chi connectivity index (χ1) is 7.68. The molecule has 0 spiro atoms. The smallest absolute Gasteiger partial charge is 0.237 e. The molecular formula is C12H12N2O2. The molecule has 0 aliphatic carbocycles. The lowest BCUT2D eigenvalue weighted by atomic mass is 9.99. The van der Waals surface area contributed by atoms with Gasteiger partial charge in [-0.2, -0.15) is 4.98 Å². The van der Waals surface area contributed by atoms with Crippen LogP contribution in [0.2, 0.25) is 0 Å². The molecule has 82 valence electrons. The van der Waals surface area contributed by atoms with E-state index in [0.717, 1.165) is 0 Å². The lowest BCUT2D eigenvalue weighted by Gasteiger charge is -2.04. The van der Waals surface area contributed by atoms with Gasteiger partial charge in [0.1, 0.15) is 0 Å². The van der Waals surface area contributed by atoms with E-state index in [0.29, 0.717) is 17.3 Å². The average molecular weight is 216 g/mol. The molecule has 4 nitrogen and oxygen atoms in total. The number of hydrogen-bond donors (Lipinski definition) is 0. The number of hydrogen-bond acceptors (Lipinski definition) is 4. The minimum absolute atomic E-state index is 0.00995. The predicted octanol–water partition coefficient (Wildman–Crippen LogP) is 2.36. The van der Waals surface area contributed by atoms with Crippen LogP contribution in [0.1, 0.15) is 34.9 Å². The first kappa shape index (κ1) is 10.5. The molecule has 0 amide bonds. The number of rotatable bonds is 3. The highest BCUT2D eigenvalue weighted by atomic mass is 16.5. The lowest BCUT2D eigenvalue weighted by molar-refractivity contribution is 0.0951. The van der Waals surface area contributed by atoms with E-state index in [1.807, 2.05) is 18.2 Å². The fourth-order valence-corrected chi connectivity index (χ4v) is 1.45. The molecule has 0 radical (unpaired) electrons. The molecule has 0 saturated carbocycles. The Balaban J connectivity index is 2.23. The van der Waals surface area contributed by atoms with Crippen LogP contribution in [0.5, 0.6) is 0 Å². The second-order valence-corrected chi connectivity index (χ2v) is 3.63. The molecule has 1 atom stereocenters. The van der Waals surface area contributed by atoms with Crippen molar-refractivity contribution in [2.75, 3.05) is 0 Å². The van der Waals surface area contributed by atoms with E-state index >= 15 is 0 Å². The van der Waals surface area contributed by atoms with Crippen molar-refractivity contribution in [3.8, 4) is 0 Å². The highest BCUT2D eigenvalue weighted by Crippen LogP contribution is 2.18. The van der Waals surface area contributed by atoms with Crippen molar-refractivity contribution >= 4 is 5.78 Å². The molecule has 1 aromatic heterocycles. The molecule has 1 aromatic carbocycles. The molecule has 0 aliphatic rings. The van der Waals surface area contributed by atoms with Crippen molar-refractivity contribution in [3.05, 3.63) is 47.6 Å². The van der Waals surface area contributed by atoms with E-state index in [2.05, 4.69) is 10.1 Å². The number of nitrogens with zero attached hydrogens (tertiary/aromatic N) is 2. The van der Waals surface area contributed by atoms with E-state index in [1.54, 1.807) is 26.0 Å². The summed E-state index contributed by atoms with van der Waals surface area (Å²) in [4.78, 5) is 16.1. The van der Waals surface area contributed by atoms with Crippen LogP contribution in [0.4, 0.5) is 0 Å². The number of carbonyl (C=O) groups is 1. The maximum Gasteiger partial charge on any atom is 0.237 e. The summed E-state index contributed by atoms with van der Waals surface area (Å²) in [6.07, 6.45) is 0. The molecule has 1 heterocycles. The standard InChI is InChI=1S/C12H12N2O2/c1-8(12-13-9(2)14-16-12)11(15)10-6-4-3-5-7-10/h3-8H,1-2H3. The van der Waals surface area contributed by atoms with Gasteiger partial charge in [-0.05, 0) is 13.8 Å². The Labute approximate surface area is 93.3 Å². The van der Waals surface area contributed by atoms with E-state index in [4.69, 9.17) is 4.52 Å². The number of aryl methyl sites for hydroxylation is 1. The zero-order valence-corrected chi connectivity index (χ0v) is 9.18. The van der Waals surface area contributed by atoms with E-state index in [-0.39, 0.29) is 5.78 Å². The van der Waals surface area contributed by atoms with Crippen LogP contribution in [0.3, 0.4) is 0 Å². The zero-order chi connectivity index (χ0) is 11.5. The summed E-state index contributed by atoms with van der Waals surface area (Å²) in [5, 5.41) is 3.68. The van der Waals surface area contributed by atoms with E-state index in [9.17, 15) is 4.79 Å². The average Bonchev–Trinajstić information content (AvgIpc) is 2.75. The Morgan fingerprint density at radius 1 is 1.31 bits per heavy atom. The van der Waals surface area contributed by atoms with Crippen LogP contribution in [-0.4, -0.2) is 15.9 Å². The summed E-state index contributed by atoms with van der Waals surface area (Å²) in [5.74, 6) is 0.502. The van der Waals surface area contributed by atoms with Crippen molar-refractivity contribution in [2.45, 2.75) is 19.8 Å². The molecule has 2 rings (SSSR count). The molecule has 0 N–H and O–H groups in total. The summed E-state index contributed by atoms with van der Waals surface area (Å²) in [6.45, 7) is 3.50. The van der Waals surface area contributed by atoms with Gasteiger partial charge in [0, 0.05) is 5.56 Å². The molecule has 4 heteroatoms. The SMILES string of the molecule is Cc1noc(C(C)C(=O)c2ccccc2)n1. The topological polar surface area (TPSA) is 56.0 Å². The second kappa shape index (κ2) is 4.26. The molecule has 0 fully saturated rings. The number of ketones is 1. The lowest BCUT2D eigenvalue weighted by Crippen LogP contribution is -2.09. The highest BCUT2D eigenvalue weighted by Gasteiger charge is 2.22. The largest absolute Gasteiger partial charge is 0.339 e. The first-order valence-corrected chi connectivity index (χ1v) is 5.08. The summed E-state index contributed by atoms with van der Waals surface area (Å²) in [6, 6.07) is 9.10. The number of benzene rings is 1. The Kier molecular flexibility index (Phi) is 2.81. The van der Waals surface area contributed by atoms with Gasteiger partial charge in [-0.1, -0.05) is 35.5 Å². The normalized spacial score (nSPS) is 12.4. The Morgan fingerprint density at radius 2 is 2.00 bits per heavy atom. The van der Waals surface area contributed by atoms with Gasteiger partial charge in [0.2, 0.25) is 5.89 Å². The quantitative estimate of drug-likeness (QED) is 0.739. The van der Waals surface area contributed by atoms with Crippen molar-refractivity contribution in [1.29, 1.82) is 0 Å². The summed E-state index contributed by atoms with van der Waals surface area (Å²) < 4.78 is 4.99. The minimum atomic E-state index is -0.399. The molecule has 0 bridgehead atoms. The third-order valence-corrected chi connectivity index (χ3v) is 2.37. The zero-order valence-electron chi connectivity index (χ0n) is 9.18. The molecular weight excluding hydrogens is 204 g/mol. The Bertz CT molecular complexity index is 491. The number of aromatic nitrogens is 2. The molecule has 0 aliphatic heterocycles. The van der Waals surface area contributed by atoms with Gasteiger partial charge < -0.3 is 4.52 Å². The van der Waals surface area contributed by atoms with Crippen LogP contribution < -0.4 is 0 Å². The third kappa shape index (κ3) is 2.00. The van der Waals surface area contributed by atoms with Gasteiger partial charge in [0.25, 0.3) is 0 Å².